The van der Waals surface area contributed by atoms with Crippen LogP contribution in [0.4, 0.5) is 0 Å². The highest BCUT2D eigenvalue weighted by atomic mass is 35.5. The highest BCUT2D eigenvalue weighted by molar-refractivity contribution is 7.10. The average Bonchev–Trinajstić information content (AvgIpc) is 2.80. The summed E-state index contributed by atoms with van der Waals surface area (Å²) >= 11 is 1.77. The van der Waals surface area contributed by atoms with Gasteiger partial charge in [-0.1, -0.05) is 12.5 Å². The van der Waals surface area contributed by atoms with Crippen LogP contribution in [0.1, 0.15) is 43.5 Å². The van der Waals surface area contributed by atoms with Crippen LogP contribution in [-0.2, 0) is 4.79 Å². The van der Waals surface area contributed by atoms with E-state index in [2.05, 4.69) is 22.4 Å². The number of rotatable bonds is 4. The molecule has 17 heavy (non-hydrogen) atoms. The predicted molar refractivity (Wildman–Crippen MR) is 75.0 cm³/mol. The minimum atomic E-state index is 0. The molecule has 1 atom stereocenters. The number of piperidine rings is 1. The molecule has 1 aromatic rings. The van der Waals surface area contributed by atoms with Crippen LogP contribution < -0.4 is 0 Å². The predicted octanol–water partition coefficient (Wildman–Crippen LogP) is 3.68. The fourth-order valence-electron chi connectivity index (χ4n) is 2.39. The fourth-order valence-corrected chi connectivity index (χ4v) is 3.25. The van der Waals surface area contributed by atoms with E-state index in [1.165, 1.54) is 24.1 Å². The third-order valence-electron chi connectivity index (χ3n) is 3.18. The summed E-state index contributed by atoms with van der Waals surface area (Å²) in [4.78, 5) is 15.2. The normalized spacial score (nSPS) is 18.4. The van der Waals surface area contributed by atoms with E-state index in [9.17, 15) is 4.79 Å². The second kappa shape index (κ2) is 7.14. The lowest BCUT2D eigenvalue weighted by Gasteiger charge is -2.33. The van der Waals surface area contributed by atoms with Gasteiger partial charge < -0.3 is 0 Å². The third-order valence-corrected chi connectivity index (χ3v) is 4.16. The molecule has 0 aromatic carbocycles. The number of ketones is 1. The lowest BCUT2D eigenvalue weighted by Crippen LogP contribution is -2.34. The van der Waals surface area contributed by atoms with Gasteiger partial charge in [0, 0.05) is 11.3 Å². The highest BCUT2D eigenvalue weighted by Crippen LogP contribution is 2.30. The van der Waals surface area contributed by atoms with Crippen molar-refractivity contribution in [2.45, 2.75) is 38.6 Å². The van der Waals surface area contributed by atoms with Gasteiger partial charge in [0.15, 0.2) is 0 Å². The third kappa shape index (κ3) is 4.09. The zero-order valence-corrected chi connectivity index (χ0v) is 11.9. The lowest BCUT2D eigenvalue weighted by atomic mass is 10.0. The van der Waals surface area contributed by atoms with Gasteiger partial charge in [0.25, 0.3) is 0 Å². The Bertz CT molecular complexity index is 333. The molecule has 4 heteroatoms. The Morgan fingerprint density at radius 1 is 1.41 bits per heavy atom. The molecule has 2 nitrogen and oxygen atoms in total. The van der Waals surface area contributed by atoms with Crippen molar-refractivity contribution in [3.05, 3.63) is 22.4 Å². The van der Waals surface area contributed by atoms with Crippen molar-refractivity contribution < 1.29 is 4.79 Å². The minimum Gasteiger partial charge on any atom is -0.300 e. The van der Waals surface area contributed by atoms with E-state index in [0.29, 0.717) is 18.2 Å². The van der Waals surface area contributed by atoms with Crippen molar-refractivity contribution in [3.63, 3.8) is 0 Å². The molecule has 0 spiro atoms. The maximum Gasteiger partial charge on any atom is 0.131 e. The van der Waals surface area contributed by atoms with Gasteiger partial charge in [-0.2, -0.15) is 0 Å². The summed E-state index contributed by atoms with van der Waals surface area (Å²) in [5.41, 5.74) is 0. The number of thiophene rings is 1. The van der Waals surface area contributed by atoms with Gasteiger partial charge >= 0.3 is 0 Å². The molecule has 1 unspecified atom stereocenters. The largest absolute Gasteiger partial charge is 0.300 e. The summed E-state index contributed by atoms with van der Waals surface area (Å²) in [7, 11) is 0. The standard InChI is InChI=1S/C13H19NOS.ClH/c1-11(15)10-12(13-6-5-9-16-13)14-7-3-2-4-8-14;/h5-6,9,12H,2-4,7-8,10H2,1H3;1H. The molecule has 0 saturated carbocycles. The molecular weight excluding hydrogens is 254 g/mol. The topological polar surface area (TPSA) is 20.3 Å². The van der Waals surface area contributed by atoms with Crippen molar-refractivity contribution in [2.24, 2.45) is 0 Å². The lowest BCUT2D eigenvalue weighted by molar-refractivity contribution is -0.118. The molecule has 1 aliphatic rings. The smallest absolute Gasteiger partial charge is 0.131 e. The summed E-state index contributed by atoms with van der Waals surface area (Å²) < 4.78 is 0. The zero-order valence-electron chi connectivity index (χ0n) is 10.2. The van der Waals surface area contributed by atoms with Crippen molar-refractivity contribution in [1.82, 2.24) is 4.90 Å². The van der Waals surface area contributed by atoms with Crippen LogP contribution in [0.5, 0.6) is 0 Å². The first kappa shape index (κ1) is 14.7. The van der Waals surface area contributed by atoms with E-state index in [0.717, 1.165) is 13.1 Å². The quantitative estimate of drug-likeness (QED) is 0.834. The van der Waals surface area contributed by atoms with Gasteiger partial charge in [0.2, 0.25) is 0 Å². The number of carbonyl (C=O) groups excluding carboxylic acids is 1. The van der Waals surface area contributed by atoms with Crippen LogP contribution in [0.15, 0.2) is 17.5 Å². The van der Waals surface area contributed by atoms with Gasteiger partial charge in [-0.25, -0.2) is 0 Å². The minimum absolute atomic E-state index is 0. The number of hydrogen-bond acceptors (Lipinski definition) is 3. The Kier molecular flexibility index (Phi) is 6.17. The van der Waals surface area contributed by atoms with Crippen molar-refractivity contribution >= 4 is 29.5 Å². The maximum atomic E-state index is 11.4. The molecule has 0 amide bonds. The number of Topliss-reactive ketones (excluding diaryl/α,β-unsaturated/α-hetero) is 1. The first-order valence-electron chi connectivity index (χ1n) is 6.04. The van der Waals surface area contributed by atoms with E-state index in [1.54, 1.807) is 18.3 Å². The Morgan fingerprint density at radius 2 is 2.12 bits per heavy atom. The van der Waals surface area contributed by atoms with E-state index in [4.69, 9.17) is 0 Å². The Hall–Kier alpha value is -0.380. The van der Waals surface area contributed by atoms with Crippen LogP contribution in [0.2, 0.25) is 0 Å². The molecule has 0 aliphatic carbocycles. The van der Waals surface area contributed by atoms with Crippen molar-refractivity contribution in [3.8, 4) is 0 Å². The molecule has 0 radical (unpaired) electrons. The average molecular weight is 274 g/mol. The molecule has 96 valence electrons. The highest BCUT2D eigenvalue weighted by Gasteiger charge is 2.23. The molecule has 0 N–H and O–H groups in total. The van der Waals surface area contributed by atoms with Crippen LogP contribution in [0, 0.1) is 0 Å². The first-order chi connectivity index (χ1) is 7.77. The number of likely N-dealkylation sites (tertiary alicyclic amines) is 1. The Balaban J connectivity index is 0.00000144. The number of halogens is 1. The molecular formula is C13H20ClNOS. The van der Waals surface area contributed by atoms with E-state index in [-0.39, 0.29) is 12.4 Å². The number of nitrogens with zero attached hydrogens (tertiary/aromatic N) is 1. The second-order valence-corrected chi connectivity index (χ2v) is 5.51. The van der Waals surface area contributed by atoms with Gasteiger partial charge in [-0.15, -0.1) is 23.7 Å². The summed E-state index contributed by atoms with van der Waals surface area (Å²) in [6, 6.07) is 4.57. The van der Waals surface area contributed by atoms with Crippen molar-refractivity contribution in [1.29, 1.82) is 0 Å². The number of hydrogen-bond donors (Lipinski definition) is 0. The second-order valence-electron chi connectivity index (χ2n) is 4.53. The summed E-state index contributed by atoms with van der Waals surface area (Å²) in [6.45, 7) is 4.00. The molecule has 2 rings (SSSR count). The molecule has 0 bridgehead atoms. The summed E-state index contributed by atoms with van der Waals surface area (Å²) in [5.74, 6) is 0.295. The van der Waals surface area contributed by atoms with Crippen molar-refractivity contribution in [2.75, 3.05) is 13.1 Å². The number of carbonyl (C=O) groups is 1. The van der Waals surface area contributed by atoms with E-state index in [1.807, 2.05) is 0 Å². The molecule has 2 heterocycles. The molecule has 1 fully saturated rings. The van der Waals surface area contributed by atoms with Gasteiger partial charge in [-0.05, 0) is 44.3 Å². The summed E-state index contributed by atoms with van der Waals surface area (Å²) in [6.07, 6.45) is 4.56. The van der Waals surface area contributed by atoms with Crippen LogP contribution in [-0.4, -0.2) is 23.8 Å². The van der Waals surface area contributed by atoms with E-state index >= 15 is 0 Å². The van der Waals surface area contributed by atoms with Gasteiger partial charge in [-0.3, -0.25) is 9.69 Å². The van der Waals surface area contributed by atoms with Crippen LogP contribution in [0.25, 0.3) is 0 Å². The fraction of sp³-hybridized carbons (Fsp3) is 0.615. The maximum absolute atomic E-state index is 11.4. The SMILES string of the molecule is CC(=O)CC(c1cccs1)N1CCCCC1.Cl. The van der Waals surface area contributed by atoms with Crippen LogP contribution >= 0.6 is 23.7 Å². The van der Waals surface area contributed by atoms with Gasteiger partial charge in [0.1, 0.15) is 5.78 Å². The summed E-state index contributed by atoms with van der Waals surface area (Å²) in [5, 5.41) is 2.10. The molecule has 1 saturated heterocycles. The first-order valence-corrected chi connectivity index (χ1v) is 6.92. The van der Waals surface area contributed by atoms with Crippen LogP contribution in [0.3, 0.4) is 0 Å². The Morgan fingerprint density at radius 3 is 2.65 bits per heavy atom. The zero-order chi connectivity index (χ0) is 11.4. The van der Waals surface area contributed by atoms with E-state index < -0.39 is 0 Å². The monoisotopic (exact) mass is 273 g/mol. The Labute approximate surface area is 113 Å². The molecule has 1 aromatic heterocycles. The molecule has 1 aliphatic heterocycles. The van der Waals surface area contributed by atoms with Gasteiger partial charge in [0.05, 0.1) is 6.04 Å².